The van der Waals surface area contributed by atoms with Gasteiger partial charge >= 0.3 is 0 Å². The predicted molar refractivity (Wildman–Crippen MR) is 150 cm³/mol. The third-order valence-electron chi connectivity index (χ3n) is 6.87. The molecule has 3 aromatic rings. The van der Waals surface area contributed by atoms with Crippen molar-refractivity contribution < 1.29 is 23.7 Å². The molecular weight excluding hydrogens is 545 g/mol. The number of pyridine rings is 1. The minimum atomic E-state index is -0.0689. The number of ether oxygens (including phenoxy) is 4. The molecule has 2 N–H and O–H groups in total. The highest BCUT2D eigenvalue weighted by Gasteiger charge is 2.30. The number of nitrogens with zero attached hydrogens (tertiary/aromatic N) is 3. The molecule has 3 atom stereocenters. The second-order valence-corrected chi connectivity index (χ2v) is 10.2. The van der Waals surface area contributed by atoms with Crippen molar-refractivity contribution in [1.29, 1.82) is 0 Å². The number of fused-ring (bicyclic) bond motifs is 1. The number of carbonyl (C=O) groups is 1. The SMILES string of the molecule is C=CC(=O)C[C@H]1COC[C@H]1Nc1cc2c(NC3CCOC3)nc(-c3c(Cl)c(OC)cc(OC)c3Cl)nc2cn1. The number of hydrogen-bond acceptors (Lipinski definition) is 10. The average Bonchev–Trinajstić information content (AvgIpc) is 3.61. The van der Waals surface area contributed by atoms with E-state index in [1.807, 2.05) is 6.07 Å². The summed E-state index contributed by atoms with van der Waals surface area (Å²) in [6.45, 7) is 5.77. The highest BCUT2D eigenvalue weighted by molar-refractivity contribution is 6.41. The Hall–Kier alpha value is -3.18. The lowest BCUT2D eigenvalue weighted by molar-refractivity contribution is -0.115. The van der Waals surface area contributed by atoms with Crippen LogP contribution in [0.3, 0.4) is 0 Å². The van der Waals surface area contributed by atoms with E-state index in [4.69, 9.17) is 52.1 Å². The molecule has 1 unspecified atom stereocenters. The maximum atomic E-state index is 11.9. The topological polar surface area (TPSA) is 117 Å². The van der Waals surface area contributed by atoms with E-state index in [0.717, 1.165) is 11.8 Å². The van der Waals surface area contributed by atoms with Gasteiger partial charge in [-0.1, -0.05) is 29.8 Å². The molecule has 0 saturated carbocycles. The summed E-state index contributed by atoms with van der Waals surface area (Å²) in [6, 6.07) is 3.51. The third-order valence-corrected chi connectivity index (χ3v) is 7.62. The molecule has 0 bridgehead atoms. The van der Waals surface area contributed by atoms with Crippen LogP contribution in [0, 0.1) is 5.92 Å². The Kier molecular flexibility index (Phi) is 8.37. The zero-order valence-corrected chi connectivity index (χ0v) is 23.1. The Labute approximate surface area is 236 Å². The number of ketones is 1. The first kappa shape index (κ1) is 27.4. The second-order valence-electron chi connectivity index (χ2n) is 9.39. The van der Waals surface area contributed by atoms with Gasteiger partial charge in [-0.25, -0.2) is 15.0 Å². The number of methoxy groups -OCH3 is 2. The summed E-state index contributed by atoms with van der Waals surface area (Å²) in [4.78, 5) is 26.1. The van der Waals surface area contributed by atoms with Crippen LogP contribution >= 0.6 is 23.2 Å². The zero-order valence-electron chi connectivity index (χ0n) is 21.6. The Bertz CT molecular complexity index is 1370. The van der Waals surface area contributed by atoms with Crippen molar-refractivity contribution >= 4 is 51.5 Å². The van der Waals surface area contributed by atoms with E-state index in [1.54, 1.807) is 12.3 Å². The van der Waals surface area contributed by atoms with Crippen molar-refractivity contribution in [2.75, 3.05) is 51.3 Å². The van der Waals surface area contributed by atoms with Crippen LogP contribution in [0.5, 0.6) is 11.5 Å². The Morgan fingerprint density at radius 1 is 1.10 bits per heavy atom. The molecule has 2 saturated heterocycles. The van der Waals surface area contributed by atoms with Gasteiger partial charge < -0.3 is 29.6 Å². The summed E-state index contributed by atoms with van der Waals surface area (Å²) < 4.78 is 22.1. The monoisotopic (exact) mass is 573 g/mol. The minimum absolute atomic E-state index is 0.0125. The number of aromatic nitrogens is 3. The fourth-order valence-electron chi connectivity index (χ4n) is 4.75. The van der Waals surface area contributed by atoms with E-state index in [1.165, 1.54) is 20.3 Å². The van der Waals surface area contributed by atoms with Crippen LogP contribution in [-0.4, -0.2) is 73.5 Å². The van der Waals surface area contributed by atoms with Crippen LogP contribution in [0.4, 0.5) is 11.6 Å². The molecule has 0 amide bonds. The van der Waals surface area contributed by atoms with Crippen molar-refractivity contribution in [3.8, 4) is 22.9 Å². The molecule has 206 valence electrons. The Balaban J connectivity index is 1.56. The van der Waals surface area contributed by atoms with Gasteiger partial charge in [0.05, 0.1) is 73.4 Å². The van der Waals surface area contributed by atoms with Gasteiger partial charge in [-0.15, -0.1) is 0 Å². The van der Waals surface area contributed by atoms with E-state index in [0.29, 0.717) is 72.9 Å². The quantitative estimate of drug-likeness (QED) is 0.328. The van der Waals surface area contributed by atoms with Crippen LogP contribution in [-0.2, 0) is 14.3 Å². The van der Waals surface area contributed by atoms with E-state index in [2.05, 4.69) is 22.2 Å². The number of rotatable bonds is 10. The van der Waals surface area contributed by atoms with Crippen molar-refractivity contribution in [3.05, 3.63) is 41.0 Å². The zero-order chi connectivity index (χ0) is 27.5. The fourth-order valence-corrected chi connectivity index (χ4v) is 5.42. The molecule has 12 heteroatoms. The highest BCUT2D eigenvalue weighted by Crippen LogP contribution is 2.45. The summed E-state index contributed by atoms with van der Waals surface area (Å²) in [7, 11) is 3.02. The molecule has 1 aromatic carbocycles. The maximum Gasteiger partial charge on any atom is 0.165 e. The van der Waals surface area contributed by atoms with Crippen molar-refractivity contribution in [3.63, 3.8) is 0 Å². The van der Waals surface area contributed by atoms with Crippen molar-refractivity contribution in [1.82, 2.24) is 15.0 Å². The summed E-state index contributed by atoms with van der Waals surface area (Å²) in [6.07, 6.45) is 4.21. The normalized spacial score (nSPS) is 20.7. The van der Waals surface area contributed by atoms with E-state index in [9.17, 15) is 4.79 Å². The first-order valence-electron chi connectivity index (χ1n) is 12.5. The summed E-state index contributed by atoms with van der Waals surface area (Å²) in [5.74, 6) is 2.29. The van der Waals surface area contributed by atoms with Gasteiger partial charge in [-0.3, -0.25) is 4.79 Å². The smallest absolute Gasteiger partial charge is 0.165 e. The van der Waals surface area contributed by atoms with Gasteiger partial charge in [0.15, 0.2) is 11.6 Å². The van der Waals surface area contributed by atoms with E-state index in [-0.39, 0.29) is 33.8 Å². The molecule has 4 heterocycles. The summed E-state index contributed by atoms with van der Waals surface area (Å²) >= 11 is 13.4. The van der Waals surface area contributed by atoms with Crippen LogP contribution < -0.4 is 20.1 Å². The number of carbonyl (C=O) groups excluding carboxylic acids is 1. The molecule has 2 aliphatic heterocycles. The van der Waals surface area contributed by atoms with Gasteiger partial charge in [0.2, 0.25) is 0 Å². The Morgan fingerprint density at radius 2 is 1.87 bits per heavy atom. The molecule has 2 aliphatic rings. The fraction of sp³-hybridized carbons (Fsp3) is 0.407. The standard InChI is InChI=1S/C27H29Cl2N5O5/c1-4-16(35)7-14-11-39-13-19(14)32-22-8-17-18(10-30-22)33-27(34-26(17)31-15-5-6-38-12-15)23-24(28)20(36-2)9-21(37-3)25(23)29/h4,8-10,14-15,19H,1,5-7,11-13H2,2-3H3,(H,30,32)(H,31,33,34)/t14-,15?,19+/m0/s1. The molecule has 10 nitrogen and oxygen atoms in total. The average molecular weight is 574 g/mol. The van der Waals surface area contributed by atoms with Gasteiger partial charge in [0.1, 0.15) is 23.1 Å². The van der Waals surface area contributed by atoms with E-state index < -0.39 is 0 Å². The molecule has 39 heavy (non-hydrogen) atoms. The lowest BCUT2D eigenvalue weighted by Gasteiger charge is -2.20. The number of allylic oxidation sites excluding steroid dienone is 1. The predicted octanol–water partition coefficient (Wildman–Crippen LogP) is 4.79. The third kappa shape index (κ3) is 5.74. The van der Waals surface area contributed by atoms with Crippen molar-refractivity contribution in [2.24, 2.45) is 5.92 Å². The number of anilines is 2. The molecule has 0 aliphatic carbocycles. The number of benzene rings is 1. The number of nitrogens with one attached hydrogen (secondary N) is 2. The molecule has 2 aromatic heterocycles. The lowest BCUT2D eigenvalue weighted by Crippen LogP contribution is -2.29. The second kappa shape index (κ2) is 11.9. The van der Waals surface area contributed by atoms with Gasteiger partial charge in [0, 0.05) is 30.4 Å². The molecule has 0 radical (unpaired) electrons. The Morgan fingerprint density at radius 3 is 2.54 bits per heavy atom. The van der Waals surface area contributed by atoms with E-state index >= 15 is 0 Å². The molecular formula is C27H29Cl2N5O5. The van der Waals surface area contributed by atoms with Crippen molar-refractivity contribution in [2.45, 2.75) is 24.9 Å². The van der Waals surface area contributed by atoms with Gasteiger partial charge in [-0.2, -0.15) is 0 Å². The number of halogens is 2. The highest BCUT2D eigenvalue weighted by atomic mass is 35.5. The number of hydrogen-bond donors (Lipinski definition) is 2. The van der Waals surface area contributed by atoms with Gasteiger partial charge in [0.25, 0.3) is 0 Å². The molecule has 0 spiro atoms. The first-order chi connectivity index (χ1) is 18.9. The largest absolute Gasteiger partial charge is 0.495 e. The minimum Gasteiger partial charge on any atom is -0.495 e. The van der Waals surface area contributed by atoms with Crippen LogP contribution in [0.15, 0.2) is 31.0 Å². The lowest BCUT2D eigenvalue weighted by atomic mass is 9.97. The van der Waals surface area contributed by atoms with Crippen LogP contribution in [0.25, 0.3) is 22.3 Å². The summed E-state index contributed by atoms with van der Waals surface area (Å²) in [5, 5.41) is 8.21. The first-order valence-corrected chi connectivity index (χ1v) is 13.3. The summed E-state index contributed by atoms with van der Waals surface area (Å²) in [5.41, 5.74) is 0.976. The maximum absolute atomic E-state index is 11.9. The molecule has 2 fully saturated rings. The van der Waals surface area contributed by atoms with Crippen LogP contribution in [0.2, 0.25) is 10.0 Å². The van der Waals surface area contributed by atoms with Crippen LogP contribution in [0.1, 0.15) is 12.8 Å². The van der Waals surface area contributed by atoms with Gasteiger partial charge in [-0.05, 0) is 18.6 Å². The molecule has 5 rings (SSSR count).